The van der Waals surface area contributed by atoms with Gasteiger partial charge in [-0.2, -0.15) is 5.10 Å². The highest BCUT2D eigenvalue weighted by Gasteiger charge is 2.23. The lowest BCUT2D eigenvalue weighted by Gasteiger charge is -2.22. The van der Waals surface area contributed by atoms with Crippen molar-refractivity contribution < 1.29 is 9.90 Å². The normalized spacial score (nSPS) is 16.1. The van der Waals surface area contributed by atoms with E-state index in [1.807, 2.05) is 13.1 Å². The van der Waals surface area contributed by atoms with E-state index in [0.29, 0.717) is 18.4 Å². The zero-order valence-electron chi connectivity index (χ0n) is 13.6. The summed E-state index contributed by atoms with van der Waals surface area (Å²) in [4.78, 5) is 12.0. The first-order valence-corrected chi connectivity index (χ1v) is 8.33. The number of hydrogen-bond acceptors (Lipinski definition) is 3. The maximum absolute atomic E-state index is 12.0. The van der Waals surface area contributed by atoms with Crippen molar-refractivity contribution in [2.24, 2.45) is 13.0 Å². The fourth-order valence-corrected chi connectivity index (χ4v) is 2.85. The number of nitrogens with zero attached hydrogens (tertiary/aromatic N) is 2. The van der Waals surface area contributed by atoms with Crippen LogP contribution in [0.25, 0.3) is 0 Å². The van der Waals surface area contributed by atoms with Crippen LogP contribution < -0.4 is 10.6 Å². The molecule has 0 aliphatic heterocycles. The Morgan fingerprint density at radius 2 is 2.27 bits per heavy atom. The van der Waals surface area contributed by atoms with E-state index >= 15 is 0 Å². The Kier molecular flexibility index (Phi) is 6.24. The van der Waals surface area contributed by atoms with Crippen LogP contribution in [0.4, 0.5) is 10.6 Å². The fourth-order valence-electron chi connectivity index (χ4n) is 2.85. The van der Waals surface area contributed by atoms with Gasteiger partial charge in [-0.1, -0.05) is 19.8 Å². The molecule has 6 nitrogen and oxygen atoms in total. The Hall–Kier alpha value is -1.56. The van der Waals surface area contributed by atoms with E-state index in [2.05, 4.69) is 22.7 Å². The van der Waals surface area contributed by atoms with Crippen LogP contribution >= 0.6 is 0 Å². The van der Waals surface area contributed by atoms with Crippen molar-refractivity contribution in [3.8, 4) is 0 Å². The lowest BCUT2D eigenvalue weighted by Crippen LogP contribution is -2.34. The molecule has 0 saturated heterocycles. The molecular weight excluding hydrogens is 280 g/mol. The molecule has 0 bridgehead atoms. The molecule has 1 aromatic rings. The van der Waals surface area contributed by atoms with E-state index in [9.17, 15) is 4.79 Å². The minimum Gasteiger partial charge on any atom is -0.396 e. The van der Waals surface area contributed by atoms with E-state index in [4.69, 9.17) is 5.11 Å². The maximum atomic E-state index is 12.0. The zero-order chi connectivity index (χ0) is 15.9. The topological polar surface area (TPSA) is 79.2 Å². The third-order valence-electron chi connectivity index (χ3n) is 4.45. The lowest BCUT2D eigenvalue weighted by atomic mass is 9.83. The smallest absolute Gasteiger partial charge is 0.320 e. The lowest BCUT2D eigenvalue weighted by molar-refractivity contribution is 0.236. The van der Waals surface area contributed by atoms with Crippen LogP contribution in [-0.4, -0.2) is 34.1 Å². The first kappa shape index (κ1) is 16.8. The molecular formula is C16H28N4O2. The van der Waals surface area contributed by atoms with E-state index in [-0.39, 0.29) is 12.6 Å². The third-order valence-corrected chi connectivity index (χ3v) is 4.45. The number of anilines is 1. The molecule has 22 heavy (non-hydrogen) atoms. The van der Waals surface area contributed by atoms with Crippen molar-refractivity contribution in [1.29, 1.82) is 0 Å². The predicted octanol–water partition coefficient (Wildman–Crippen LogP) is 2.61. The highest BCUT2D eigenvalue weighted by atomic mass is 16.3. The van der Waals surface area contributed by atoms with E-state index in [1.165, 1.54) is 19.3 Å². The number of carbonyl (C=O) groups is 1. The number of urea groups is 1. The summed E-state index contributed by atoms with van der Waals surface area (Å²) in [5, 5.41) is 19.3. The number of carbonyl (C=O) groups excluding carboxylic acids is 1. The van der Waals surface area contributed by atoms with Gasteiger partial charge in [-0.15, -0.1) is 0 Å². The molecule has 1 fully saturated rings. The largest absolute Gasteiger partial charge is 0.396 e. The van der Waals surface area contributed by atoms with Crippen LogP contribution in [0, 0.1) is 5.92 Å². The number of aliphatic hydroxyl groups excluding tert-OH is 1. The molecule has 1 heterocycles. The molecule has 0 aromatic carbocycles. The molecule has 1 unspecified atom stereocenters. The van der Waals surface area contributed by atoms with Crippen molar-refractivity contribution in [2.45, 2.75) is 51.4 Å². The average molecular weight is 308 g/mol. The summed E-state index contributed by atoms with van der Waals surface area (Å²) in [5.74, 6) is 1.62. The standard InChI is InChI=1S/C16H28N4O2/c1-3-5-12(8-9-21)11-17-16(22)18-15-10-14(19-20(15)2)13-6-4-7-13/h10,12-13,21H,3-9,11H2,1-2H3,(H2,17,18,22). The molecule has 1 aliphatic rings. The van der Waals surface area contributed by atoms with Crippen molar-refractivity contribution in [1.82, 2.24) is 15.1 Å². The van der Waals surface area contributed by atoms with Gasteiger partial charge in [0.15, 0.2) is 0 Å². The minimum atomic E-state index is -0.206. The highest BCUT2D eigenvalue weighted by molar-refractivity contribution is 5.88. The molecule has 6 heteroatoms. The van der Waals surface area contributed by atoms with Gasteiger partial charge >= 0.3 is 6.03 Å². The molecule has 3 N–H and O–H groups in total. The fraction of sp³-hybridized carbons (Fsp3) is 0.750. The number of aryl methyl sites for hydroxylation is 1. The first-order valence-electron chi connectivity index (χ1n) is 8.33. The Morgan fingerprint density at radius 3 is 2.86 bits per heavy atom. The number of rotatable bonds is 8. The number of hydrogen-bond donors (Lipinski definition) is 3. The summed E-state index contributed by atoms with van der Waals surface area (Å²) in [6.07, 6.45) is 6.46. The van der Waals surface area contributed by atoms with Crippen molar-refractivity contribution >= 4 is 11.8 Å². The molecule has 124 valence electrons. The average Bonchev–Trinajstić information content (AvgIpc) is 2.75. The third kappa shape index (κ3) is 4.47. The second-order valence-corrected chi connectivity index (χ2v) is 6.21. The summed E-state index contributed by atoms with van der Waals surface area (Å²) in [6, 6.07) is 1.77. The van der Waals surface area contributed by atoms with Crippen LogP contribution in [0.2, 0.25) is 0 Å². The minimum absolute atomic E-state index is 0.167. The highest BCUT2D eigenvalue weighted by Crippen LogP contribution is 2.36. The molecule has 0 radical (unpaired) electrons. The Bertz CT molecular complexity index is 476. The van der Waals surface area contributed by atoms with Crippen LogP contribution in [0.5, 0.6) is 0 Å². The van der Waals surface area contributed by atoms with Gasteiger partial charge < -0.3 is 10.4 Å². The van der Waals surface area contributed by atoms with Crippen molar-refractivity contribution in [3.63, 3.8) is 0 Å². The van der Waals surface area contributed by atoms with Crippen LogP contribution in [0.15, 0.2) is 6.07 Å². The van der Waals surface area contributed by atoms with E-state index in [1.54, 1.807) is 4.68 Å². The summed E-state index contributed by atoms with van der Waals surface area (Å²) in [5.41, 5.74) is 1.08. The van der Waals surface area contributed by atoms with Gasteiger partial charge in [0.1, 0.15) is 5.82 Å². The van der Waals surface area contributed by atoms with Crippen LogP contribution in [-0.2, 0) is 7.05 Å². The molecule has 2 rings (SSSR count). The van der Waals surface area contributed by atoms with Gasteiger partial charge in [0, 0.05) is 32.2 Å². The summed E-state index contributed by atoms with van der Waals surface area (Å²) in [7, 11) is 1.85. The van der Waals surface area contributed by atoms with E-state index in [0.717, 1.165) is 30.8 Å². The Balaban J connectivity index is 1.82. The number of aromatic nitrogens is 2. The van der Waals surface area contributed by atoms with Crippen molar-refractivity contribution in [2.75, 3.05) is 18.5 Å². The summed E-state index contributed by atoms with van der Waals surface area (Å²) in [6.45, 7) is 2.87. The van der Waals surface area contributed by atoms with Crippen LogP contribution in [0.1, 0.15) is 57.1 Å². The number of aliphatic hydroxyl groups is 1. The number of nitrogens with one attached hydrogen (secondary N) is 2. The monoisotopic (exact) mass is 308 g/mol. The van der Waals surface area contributed by atoms with Gasteiger partial charge in [-0.3, -0.25) is 10.00 Å². The van der Waals surface area contributed by atoms with Gasteiger partial charge in [-0.25, -0.2) is 4.79 Å². The SMILES string of the molecule is CCCC(CCO)CNC(=O)Nc1cc(C2CCC2)nn1C. The summed E-state index contributed by atoms with van der Waals surface area (Å²) >= 11 is 0. The molecule has 2 amide bonds. The first-order chi connectivity index (χ1) is 10.6. The predicted molar refractivity (Wildman–Crippen MR) is 86.9 cm³/mol. The quantitative estimate of drug-likeness (QED) is 0.690. The second-order valence-electron chi connectivity index (χ2n) is 6.21. The number of amides is 2. The molecule has 1 aromatic heterocycles. The Labute approximate surface area is 132 Å². The molecule has 0 spiro atoms. The Morgan fingerprint density at radius 1 is 1.50 bits per heavy atom. The molecule has 1 aliphatic carbocycles. The van der Waals surface area contributed by atoms with Gasteiger partial charge in [0.05, 0.1) is 5.69 Å². The summed E-state index contributed by atoms with van der Waals surface area (Å²) < 4.78 is 1.73. The van der Waals surface area contributed by atoms with Gasteiger partial charge in [-0.05, 0) is 31.6 Å². The second kappa shape index (κ2) is 8.17. The van der Waals surface area contributed by atoms with E-state index < -0.39 is 0 Å². The zero-order valence-corrected chi connectivity index (χ0v) is 13.6. The molecule has 1 saturated carbocycles. The van der Waals surface area contributed by atoms with Gasteiger partial charge in [0.25, 0.3) is 0 Å². The van der Waals surface area contributed by atoms with Gasteiger partial charge in [0.2, 0.25) is 0 Å². The maximum Gasteiger partial charge on any atom is 0.320 e. The molecule has 1 atom stereocenters. The van der Waals surface area contributed by atoms with Crippen LogP contribution in [0.3, 0.4) is 0 Å². The van der Waals surface area contributed by atoms with Crippen molar-refractivity contribution in [3.05, 3.63) is 11.8 Å².